The minimum Gasteiger partial charge on any atom is -0.0891 e. The van der Waals surface area contributed by atoms with Crippen LogP contribution in [0.25, 0.3) is 0 Å². The highest BCUT2D eigenvalue weighted by molar-refractivity contribution is 5.26. The van der Waals surface area contributed by atoms with Gasteiger partial charge in [-0.05, 0) is 49.4 Å². The Hall–Kier alpha value is -1.76. The van der Waals surface area contributed by atoms with Crippen molar-refractivity contribution in [3.8, 4) is 47.4 Å². The van der Waals surface area contributed by atoms with Gasteiger partial charge in [-0.2, -0.15) is 0 Å². The second-order valence-electron chi connectivity index (χ2n) is 14.9. The highest BCUT2D eigenvalue weighted by Crippen LogP contribution is 2.16. The Labute approximate surface area is 303 Å². The van der Waals surface area contributed by atoms with Crippen LogP contribution in [0.1, 0.15) is 257 Å². The SMILES string of the molecule is C1#CCCCCCCCCCCCCCCCCCCCCC#CC#CCCCCCCCCCCCCCCCCCCCCC#C1. The van der Waals surface area contributed by atoms with Gasteiger partial charge in [0, 0.05) is 25.7 Å². The minimum absolute atomic E-state index is 1.03. The van der Waals surface area contributed by atoms with Crippen LogP contribution in [0.4, 0.5) is 0 Å². The summed E-state index contributed by atoms with van der Waals surface area (Å²) in [5.41, 5.74) is 0. The summed E-state index contributed by atoms with van der Waals surface area (Å²) in [6.45, 7) is 0. The van der Waals surface area contributed by atoms with Gasteiger partial charge in [0.15, 0.2) is 0 Å². The van der Waals surface area contributed by atoms with Gasteiger partial charge in [0.05, 0.1) is 0 Å². The van der Waals surface area contributed by atoms with Gasteiger partial charge in [0.1, 0.15) is 0 Å². The Morgan fingerprint density at radius 3 is 0.354 bits per heavy atom. The van der Waals surface area contributed by atoms with Crippen LogP contribution in [0, 0.1) is 47.4 Å². The molecule has 0 aliphatic heterocycles. The fourth-order valence-corrected chi connectivity index (χ4v) is 6.94. The van der Waals surface area contributed by atoms with E-state index in [0.717, 1.165) is 25.7 Å². The van der Waals surface area contributed by atoms with Crippen molar-refractivity contribution in [3.63, 3.8) is 0 Å². The first-order chi connectivity index (χ1) is 24.0. The molecule has 0 N–H and O–H groups in total. The molecule has 1 aliphatic carbocycles. The van der Waals surface area contributed by atoms with E-state index in [1.165, 1.54) is 231 Å². The quantitative estimate of drug-likeness (QED) is 0.228. The molecule has 0 aromatic heterocycles. The molecule has 0 saturated heterocycles. The summed E-state index contributed by atoms with van der Waals surface area (Å²) in [6.07, 6.45) is 54.5. The van der Waals surface area contributed by atoms with Crippen molar-refractivity contribution in [3.05, 3.63) is 0 Å². The van der Waals surface area contributed by atoms with E-state index in [9.17, 15) is 0 Å². The fraction of sp³-hybridized carbons (Fsp3) is 0.833. The highest BCUT2D eigenvalue weighted by atomic mass is 14.0. The standard InChI is InChI=1S/C48H80/c1-2-4-6-8-10-12-14-16-18-20-22-24-26-28-30-32-34-36-38-40-42-44-46-48-47-45-43-41-39-37-35-33-31-29-27-25-23-21-19-17-15-13-11-9-7-5-3-1/h1-20,29-48H2. The molecule has 0 aromatic rings. The molecule has 0 atom stereocenters. The van der Waals surface area contributed by atoms with Crippen LogP contribution in [-0.4, -0.2) is 0 Å². The van der Waals surface area contributed by atoms with Gasteiger partial charge < -0.3 is 0 Å². The summed E-state index contributed by atoms with van der Waals surface area (Å²) < 4.78 is 0. The average Bonchev–Trinajstić information content (AvgIpc) is 3.10. The number of hydrogen-bond donors (Lipinski definition) is 0. The number of rotatable bonds is 0. The maximum absolute atomic E-state index is 3.28. The summed E-state index contributed by atoms with van der Waals surface area (Å²) in [5, 5.41) is 0. The lowest BCUT2D eigenvalue weighted by atomic mass is 10.0. The lowest BCUT2D eigenvalue weighted by molar-refractivity contribution is 0.525. The van der Waals surface area contributed by atoms with E-state index in [0.29, 0.717) is 0 Å². The third-order valence-corrected chi connectivity index (χ3v) is 10.2. The van der Waals surface area contributed by atoms with Crippen molar-refractivity contribution in [2.24, 2.45) is 0 Å². The van der Waals surface area contributed by atoms with Gasteiger partial charge in [-0.3, -0.25) is 0 Å². The van der Waals surface area contributed by atoms with E-state index in [2.05, 4.69) is 47.4 Å². The zero-order chi connectivity index (χ0) is 33.9. The van der Waals surface area contributed by atoms with Crippen LogP contribution in [0.15, 0.2) is 0 Å². The monoisotopic (exact) mass is 657 g/mol. The first-order valence-corrected chi connectivity index (χ1v) is 21.9. The largest absolute Gasteiger partial charge is 0.0891 e. The summed E-state index contributed by atoms with van der Waals surface area (Å²) in [5.74, 6) is 25.5. The van der Waals surface area contributed by atoms with Gasteiger partial charge >= 0.3 is 0 Å². The Morgan fingerprint density at radius 1 is 0.125 bits per heavy atom. The van der Waals surface area contributed by atoms with Crippen LogP contribution in [0.2, 0.25) is 0 Å². The van der Waals surface area contributed by atoms with E-state index in [1.807, 2.05) is 0 Å². The topological polar surface area (TPSA) is 0 Å². The fourth-order valence-electron chi connectivity index (χ4n) is 6.94. The normalized spacial score (nSPS) is 21.3. The van der Waals surface area contributed by atoms with Gasteiger partial charge in [0.2, 0.25) is 0 Å². The first kappa shape index (κ1) is 44.3. The van der Waals surface area contributed by atoms with E-state index in [-0.39, 0.29) is 0 Å². The molecule has 1 rings (SSSR count). The Kier molecular flexibility index (Phi) is 38.2. The van der Waals surface area contributed by atoms with Crippen LogP contribution in [-0.2, 0) is 0 Å². The number of hydrogen-bond acceptors (Lipinski definition) is 0. The van der Waals surface area contributed by atoms with Crippen molar-refractivity contribution >= 4 is 0 Å². The van der Waals surface area contributed by atoms with Gasteiger partial charge in [-0.25, -0.2) is 0 Å². The lowest BCUT2D eigenvalue weighted by Gasteiger charge is -2.03. The van der Waals surface area contributed by atoms with Crippen molar-refractivity contribution in [2.45, 2.75) is 257 Å². The van der Waals surface area contributed by atoms with Crippen LogP contribution in [0.5, 0.6) is 0 Å². The first-order valence-electron chi connectivity index (χ1n) is 21.9. The third-order valence-electron chi connectivity index (χ3n) is 10.2. The molecule has 1 aliphatic rings. The molecule has 0 heterocycles. The molecular formula is C48H80. The Morgan fingerprint density at radius 2 is 0.229 bits per heavy atom. The maximum atomic E-state index is 3.28. The molecule has 0 bridgehead atoms. The van der Waals surface area contributed by atoms with Crippen LogP contribution >= 0.6 is 0 Å². The van der Waals surface area contributed by atoms with Crippen molar-refractivity contribution in [2.75, 3.05) is 0 Å². The van der Waals surface area contributed by atoms with E-state index < -0.39 is 0 Å². The van der Waals surface area contributed by atoms with E-state index >= 15 is 0 Å². The molecule has 0 radical (unpaired) electrons. The second-order valence-corrected chi connectivity index (χ2v) is 14.9. The van der Waals surface area contributed by atoms with Gasteiger partial charge in [0.25, 0.3) is 0 Å². The molecule has 0 aromatic carbocycles. The molecule has 0 amide bonds. The minimum atomic E-state index is 1.03. The highest BCUT2D eigenvalue weighted by Gasteiger charge is 1.97. The molecule has 48 heavy (non-hydrogen) atoms. The van der Waals surface area contributed by atoms with Crippen molar-refractivity contribution < 1.29 is 0 Å². The average molecular weight is 657 g/mol. The molecule has 0 spiro atoms. The molecule has 0 heteroatoms. The summed E-state index contributed by atoms with van der Waals surface area (Å²) >= 11 is 0. The third kappa shape index (κ3) is 38.7. The summed E-state index contributed by atoms with van der Waals surface area (Å²) in [7, 11) is 0. The summed E-state index contributed by atoms with van der Waals surface area (Å²) in [6, 6.07) is 0. The zero-order valence-electron chi connectivity index (χ0n) is 32.3. The predicted octanol–water partition coefficient (Wildman–Crippen LogP) is 15.6. The summed E-state index contributed by atoms with van der Waals surface area (Å²) in [4.78, 5) is 0. The zero-order valence-corrected chi connectivity index (χ0v) is 32.3. The molecule has 0 unspecified atom stereocenters. The van der Waals surface area contributed by atoms with Crippen LogP contribution < -0.4 is 0 Å². The van der Waals surface area contributed by atoms with Crippen molar-refractivity contribution in [1.82, 2.24) is 0 Å². The van der Waals surface area contributed by atoms with E-state index in [1.54, 1.807) is 0 Å². The lowest BCUT2D eigenvalue weighted by Crippen LogP contribution is -1.84. The Bertz CT molecular complexity index is 741. The Balaban J connectivity index is 2.12. The maximum Gasteiger partial charge on any atom is 0.00989 e. The second kappa shape index (κ2) is 41.4. The van der Waals surface area contributed by atoms with Crippen molar-refractivity contribution in [1.29, 1.82) is 0 Å². The molecule has 0 fully saturated rings. The molecular weight excluding hydrogens is 577 g/mol. The van der Waals surface area contributed by atoms with E-state index in [4.69, 9.17) is 0 Å². The van der Waals surface area contributed by atoms with Crippen LogP contribution in [0.3, 0.4) is 0 Å². The predicted molar refractivity (Wildman–Crippen MR) is 216 cm³/mol. The molecule has 0 saturated carbocycles. The smallest absolute Gasteiger partial charge is 0.00989 e. The van der Waals surface area contributed by atoms with Gasteiger partial charge in [-0.15, -0.1) is 0 Å². The van der Waals surface area contributed by atoms with Gasteiger partial charge in [-0.1, -0.05) is 229 Å². The molecule has 0 nitrogen and oxygen atoms in total. The molecule has 272 valence electrons.